The topological polar surface area (TPSA) is 32.8 Å². The van der Waals surface area contributed by atoms with Gasteiger partial charge in [-0.05, 0) is 32.4 Å². The number of carbonyl (C=O) groups excluding carboxylic acids is 1. The minimum atomic E-state index is -0.272. The predicted molar refractivity (Wildman–Crippen MR) is 66.6 cm³/mol. The molecule has 2 aliphatic rings. The van der Waals surface area contributed by atoms with E-state index in [1.54, 1.807) is 0 Å². The zero-order chi connectivity index (χ0) is 12.1. The lowest BCUT2D eigenvalue weighted by molar-refractivity contribution is -0.134. The average Bonchev–Trinajstić information content (AvgIpc) is 2.86. The van der Waals surface area contributed by atoms with E-state index in [9.17, 15) is 4.79 Å². The van der Waals surface area contributed by atoms with Crippen LogP contribution in [0.1, 0.15) is 25.7 Å². The normalized spacial score (nSPS) is 26.6. The summed E-state index contributed by atoms with van der Waals surface area (Å²) in [7, 11) is 1.41. The van der Waals surface area contributed by atoms with Crippen molar-refractivity contribution in [3.8, 4) is 0 Å². The number of carbonyl (C=O) groups is 1. The number of methoxy groups -OCH3 is 1. The molecule has 2 aliphatic heterocycles. The van der Waals surface area contributed by atoms with Gasteiger partial charge in [0.25, 0.3) is 0 Å². The molecule has 1 atom stereocenters. The Kier molecular flexibility index (Phi) is 4.42. The van der Waals surface area contributed by atoms with Crippen LogP contribution in [0.2, 0.25) is 0 Å². The molecule has 17 heavy (non-hydrogen) atoms. The zero-order valence-corrected chi connectivity index (χ0v) is 10.6. The SMILES string of the molecule is COC(=O)C=CN1CCC(N2CCCCC2)C1. The lowest BCUT2D eigenvalue weighted by atomic mass is 10.1. The molecule has 0 aromatic carbocycles. The van der Waals surface area contributed by atoms with E-state index in [0.717, 1.165) is 13.1 Å². The van der Waals surface area contributed by atoms with Crippen molar-refractivity contribution >= 4 is 5.97 Å². The van der Waals surface area contributed by atoms with Gasteiger partial charge in [0.2, 0.25) is 0 Å². The summed E-state index contributed by atoms with van der Waals surface area (Å²) in [5.74, 6) is -0.272. The second-order valence-electron chi connectivity index (χ2n) is 4.87. The van der Waals surface area contributed by atoms with Crippen molar-refractivity contribution in [1.29, 1.82) is 0 Å². The maximum Gasteiger partial charge on any atom is 0.331 e. The third-order valence-electron chi connectivity index (χ3n) is 3.72. The molecule has 2 rings (SSSR count). The highest BCUT2D eigenvalue weighted by atomic mass is 16.5. The molecule has 2 fully saturated rings. The van der Waals surface area contributed by atoms with Crippen LogP contribution in [-0.4, -0.2) is 55.1 Å². The third-order valence-corrected chi connectivity index (χ3v) is 3.72. The fraction of sp³-hybridized carbons (Fsp3) is 0.769. The standard InChI is InChI=1S/C13H22N2O2/c1-17-13(16)6-10-14-9-5-12(11-14)15-7-3-2-4-8-15/h6,10,12H,2-5,7-9,11H2,1H3. The van der Waals surface area contributed by atoms with E-state index in [-0.39, 0.29) is 5.97 Å². The molecular formula is C13H22N2O2. The summed E-state index contributed by atoms with van der Waals surface area (Å²) in [6.45, 7) is 4.60. The van der Waals surface area contributed by atoms with Crippen LogP contribution in [0.4, 0.5) is 0 Å². The summed E-state index contributed by atoms with van der Waals surface area (Å²) in [5, 5.41) is 0. The quantitative estimate of drug-likeness (QED) is 0.547. The Balaban J connectivity index is 1.78. The van der Waals surface area contributed by atoms with Gasteiger partial charge in [0.05, 0.1) is 7.11 Å². The molecule has 4 nitrogen and oxygen atoms in total. The van der Waals surface area contributed by atoms with Crippen molar-refractivity contribution in [2.24, 2.45) is 0 Å². The highest BCUT2D eigenvalue weighted by Gasteiger charge is 2.26. The van der Waals surface area contributed by atoms with Crippen LogP contribution in [0.25, 0.3) is 0 Å². The third kappa shape index (κ3) is 3.46. The molecule has 0 spiro atoms. The van der Waals surface area contributed by atoms with Crippen molar-refractivity contribution in [2.45, 2.75) is 31.7 Å². The Morgan fingerprint density at radius 2 is 2.00 bits per heavy atom. The summed E-state index contributed by atoms with van der Waals surface area (Å²) >= 11 is 0. The van der Waals surface area contributed by atoms with E-state index in [2.05, 4.69) is 14.5 Å². The van der Waals surface area contributed by atoms with Crippen molar-refractivity contribution in [3.63, 3.8) is 0 Å². The van der Waals surface area contributed by atoms with Gasteiger partial charge < -0.3 is 9.64 Å². The van der Waals surface area contributed by atoms with E-state index >= 15 is 0 Å². The average molecular weight is 238 g/mol. The first-order chi connectivity index (χ1) is 8.29. The molecule has 0 bridgehead atoms. The molecule has 1 unspecified atom stereocenters. The summed E-state index contributed by atoms with van der Waals surface area (Å²) in [5.41, 5.74) is 0. The molecule has 0 aliphatic carbocycles. The summed E-state index contributed by atoms with van der Waals surface area (Å²) in [6.07, 6.45) is 8.66. The zero-order valence-electron chi connectivity index (χ0n) is 10.6. The Morgan fingerprint density at radius 1 is 1.24 bits per heavy atom. The van der Waals surface area contributed by atoms with Crippen LogP contribution in [0, 0.1) is 0 Å². The van der Waals surface area contributed by atoms with Gasteiger partial charge in [-0.2, -0.15) is 0 Å². The Hall–Kier alpha value is -1.03. The molecule has 0 amide bonds. The van der Waals surface area contributed by atoms with Crippen LogP contribution < -0.4 is 0 Å². The fourth-order valence-electron chi connectivity index (χ4n) is 2.72. The molecular weight excluding hydrogens is 216 g/mol. The molecule has 4 heteroatoms. The minimum Gasteiger partial charge on any atom is -0.466 e. The molecule has 2 heterocycles. The minimum absolute atomic E-state index is 0.272. The van der Waals surface area contributed by atoms with Gasteiger partial charge in [-0.15, -0.1) is 0 Å². The smallest absolute Gasteiger partial charge is 0.331 e. The monoisotopic (exact) mass is 238 g/mol. The number of nitrogens with zero attached hydrogens (tertiary/aromatic N) is 2. The van der Waals surface area contributed by atoms with E-state index in [1.165, 1.54) is 52.0 Å². The first kappa shape index (κ1) is 12.4. The molecule has 0 radical (unpaired) electrons. The van der Waals surface area contributed by atoms with Gasteiger partial charge in [-0.25, -0.2) is 4.79 Å². The number of hydrogen-bond donors (Lipinski definition) is 0. The largest absolute Gasteiger partial charge is 0.466 e. The van der Waals surface area contributed by atoms with Gasteiger partial charge in [-0.3, -0.25) is 4.90 Å². The number of likely N-dealkylation sites (tertiary alicyclic amines) is 2. The predicted octanol–water partition coefficient (Wildman–Crippen LogP) is 1.23. The van der Waals surface area contributed by atoms with Gasteiger partial charge in [-0.1, -0.05) is 6.42 Å². The van der Waals surface area contributed by atoms with Crippen LogP contribution in [0.3, 0.4) is 0 Å². The lowest BCUT2D eigenvalue weighted by Crippen LogP contribution is -2.40. The van der Waals surface area contributed by atoms with E-state index < -0.39 is 0 Å². The lowest BCUT2D eigenvalue weighted by Gasteiger charge is -2.31. The number of piperidine rings is 1. The van der Waals surface area contributed by atoms with Crippen LogP contribution >= 0.6 is 0 Å². The maximum atomic E-state index is 11.0. The van der Waals surface area contributed by atoms with E-state index in [1.807, 2.05) is 6.20 Å². The maximum absolute atomic E-state index is 11.0. The van der Waals surface area contributed by atoms with Crippen molar-refractivity contribution in [1.82, 2.24) is 9.80 Å². The van der Waals surface area contributed by atoms with Gasteiger partial charge >= 0.3 is 5.97 Å². The van der Waals surface area contributed by atoms with Crippen molar-refractivity contribution < 1.29 is 9.53 Å². The molecule has 2 saturated heterocycles. The number of esters is 1. The number of hydrogen-bond acceptors (Lipinski definition) is 4. The van der Waals surface area contributed by atoms with Crippen molar-refractivity contribution in [2.75, 3.05) is 33.3 Å². The van der Waals surface area contributed by atoms with E-state index in [0.29, 0.717) is 6.04 Å². The van der Waals surface area contributed by atoms with Crippen LogP contribution in [0.5, 0.6) is 0 Å². The summed E-state index contributed by atoms with van der Waals surface area (Å²) < 4.78 is 4.59. The number of rotatable bonds is 3. The Labute approximate surface area is 103 Å². The second-order valence-corrected chi connectivity index (χ2v) is 4.87. The Morgan fingerprint density at radius 3 is 2.71 bits per heavy atom. The number of ether oxygens (including phenoxy) is 1. The molecule has 0 saturated carbocycles. The van der Waals surface area contributed by atoms with Crippen LogP contribution in [0.15, 0.2) is 12.3 Å². The molecule has 96 valence electrons. The summed E-state index contributed by atoms with van der Waals surface area (Å²) in [6, 6.07) is 0.678. The molecule has 0 aromatic rings. The van der Waals surface area contributed by atoms with E-state index in [4.69, 9.17) is 0 Å². The first-order valence-corrected chi connectivity index (χ1v) is 6.54. The van der Waals surface area contributed by atoms with Crippen molar-refractivity contribution in [3.05, 3.63) is 12.3 Å². The second kappa shape index (κ2) is 6.05. The van der Waals surface area contributed by atoms with Gasteiger partial charge in [0.15, 0.2) is 0 Å². The van der Waals surface area contributed by atoms with Gasteiger partial charge in [0, 0.05) is 31.4 Å². The molecule has 0 aromatic heterocycles. The van der Waals surface area contributed by atoms with Gasteiger partial charge in [0.1, 0.15) is 0 Å². The molecule has 0 N–H and O–H groups in total. The summed E-state index contributed by atoms with van der Waals surface area (Å²) in [4.78, 5) is 15.8. The highest BCUT2D eigenvalue weighted by Crippen LogP contribution is 2.20. The van der Waals surface area contributed by atoms with Crippen LogP contribution in [-0.2, 0) is 9.53 Å². The highest BCUT2D eigenvalue weighted by molar-refractivity contribution is 5.81. The fourth-order valence-corrected chi connectivity index (χ4v) is 2.72. The first-order valence-electron chi connectivity index (χ1n) is 6.54. The Bertz CT molecular complexity index is 285.